The van der Waals surface area contributed by atoms with Crippen LogP contribution in [0.1, 0.15) is 399 Å². The topological polar surface area (TPSA) is 111 Å². The lowest BCUT2D eigenvalue weighted by atomic mass is 10.0. The number of carbonyl (C=O) groups is 2. The monoisotopic (exact) mass is 1390 g/mol. The number of unbranched alkanes of at least 4 members (excludes halogenated alkanes) is 48. The van der Waals surface area contributed by atoms with Crippen molar-refractivity contribution in [1.82, 2.24) is 0 Å². The Morgan fingerprint density at radius 1 is 0.327 bits per heavy atom. The van der Waals surface area contributed by atoms with Crippen LogP contribution in [0, 0.1) is 0 Å². The number of hydrogen-bond acceptors (Lipinski definition) is 8. The summed E-state index contributed by atoms with van der Waals surface area (Å²) in [5.74, 6) is -0.816. The van der Waals surface area contributed by atoms with E-state index in [0.717, 1.165) is 83.5 Å². The second kappa shape index (κ2) is 78.1. The first kappa shape index (κ1) is 94.9. The van der Waals surface area contributed by atoms with Crippen molar-refractivity contribution in [3.8, 4) is 0 Å². The second-order valence-electron chi connectivity index (χ2n) is 29.5. The second-order valence-corrected chi connectivity index (χ2v) is 30.9. The molecule has 0 aromatic carbocycles. The highest BCUT2D eigenvalue weighted by Crippen LogP contribution is 2.38. The molecule has 0 rings (SSSR count). The fraction of sp³-hybridized carbons (Fsp3) is 0.795. The van der Waals surface area contributed by atoms with E-state index in [-0.39, 0.29) is 32.0 Å². The maximum Gasteiger partial charge on any atom is 0.306 e. The van der Waals surface area contributed by atoms with Gasteiger partial charge in [-0.2, -0.15) is 0 Å². The van der Waals surface area contributed by atoms with Gasteiger partial charge in [-0.1, -0.05) is 387 Å². The minimum absolute atomic E-state index is 0.0310. The molecule has 10 heteroatoms. The largest absolute Gasteiger partial charge is 0.756 e. The summed E-state index contributed by atoms with van der Waals surface area (Å²) in [4.78, 5) is 38.2. The molecule has 0 heterocycles. The van der Waals surface area contributed by atoms with Gasteiger partial charge in [0.1, 0.15) is 19.8 Å². The zero-order chi connectivity index (χ0) is 71.1. The summed E-state index contributed by atoms with van der Waals surface area (Å²) in [5, 5.41) is 0. The van der Waals surface area contributed by atoms with Crippen molar-refractivity contribution in [2.75, 3.05) is 47.5 Å². The van der Waals surface area contributed by atoms with Crippen LogP contribution in [0.4, 0.5) is 0 Å². The Morgan fingerprint density at radius 2 is 0.582 bits per heavy atom. The van der Waals surface area contributed by atoms with Crippen molar-refractivity contribution in [1.29, 1.82) is 0 Å². The summed E-state index contributed by atoms with van der Waals surface area (Å²) >= 11 is 0. The molecule has 0 aliphatic carbocycles. The minimum atomic E-state index is -4.65. The zero-order valence-corrected chi connectivity index (χ0v) is 66.1. The van der Waals surface area contributed by atoms with Crippen molar-refractivity contribution in [3.63, 3.8) is 0 Å². The normalized spacial score (nSPS) is 13.5. The Morgan fingerprint density at radius 3 is 0.867 bits per heavy atom. The molecule has 570 valence electrons. The van der Waals surface area contributed by atoms with Crippen LogP contribution in [-0.2, 0) is 32.7 Å². The van der Waals surface area contributed by atoms with Crippen LogP contribution in [0.3, 0.4) is 0 Å². The lowest BCUT2D eigenvalue weighted by molar-refractivity contribution is -0.870. The van der Waals surface area contributed by atoms with E-state index in [1.165, 1.54) is 283 Å². The maximum atomic E-state index is 12.9. The van der Waals surface area contributed by atoms with Gasteiger partial charge in [0.2, 0.25) is 0 Å². The molecule has 0 N–H and O–H groups in total. The number of phosphoric ester groups is 1. The summed E-state index contributed by atoms with van der Waals surface area (Å²) in [6.07, 6.45) is 110. The Balaban J connectivity index is 3.91. The fourth-order valence-corrected chi connectivity index (χ4v) is 13.0. The van der Waals surface area contributed by atoms with E-state index in [2.05, 4.69) is 111 Å². The SMILES string of the molecule is CC/C=C\C/C=C\C/C=C\C/C=C\C/C=C\C/C=C\CCCCCCCCCCCCCCCCCCC(=O)OC(COC(=O)CCCCCCCCCCCCCCCCCCCCCCCCCCCCC/C=C\C/C=C\CCCCCCC)COP(=O)([O-])OCC[N+](C)(C)C. The van der Waals surface area contributed by atoms with Crippen LogP contribution in [0.25, 0.3) is 0 Å². The van der Waals surface area contributed by atoms with E-state index in [9.17, 15) is 19.0 Å². The van der Waals surface area contributed by atoms with Gasteiger partial charge in [0.15, 0.2) is 6.10 Å². The summed E-state index contributed by atoms with van der Waals surface area (Å²) in [6.45, 7) is 4.17. The van der Waals surface area contributed by atoms with E-state index in [1.807, 2.05) is 21.1 Å². The van der Waals surface area contributed by atoms with Crippen molar-refractivity contribution in [2.45, 2.75) is 405 Å². The van der Waals surface area contributed by atoms with Gasteiger partial charge in [0.25, 0.3) is 7.82 Å². The number of hydrogen-bond donors (Lipinski definition) is 0. The molecule has 0 aromatic rings. The number of likely N-dealkylation sites (N-methyl/N-ethyl adjacent to an activating group) is 1. The Hall–Kier alpha value is -3.07. The number of allylic oxidation sites excluding steroid dienone is 16. The molecule has 0 aromatic heterocycles. The molecule has 98 heavy (non-hydrogen) atoms. The van der Waals surface area contributed by atoms with Crippen LogP contribution in [0.15, 0.2) is 97.2 Å². The quantitative estimate of drug-likeness (QED) is 0.0195. The Bertz CT molecular complexity index is 1980. The Kier molecular flexibility index (Phi) is 75.6. The molecular weight excluding hydrogens is 1230 g/mol. The molecule has 0 radical (unpaired) electrons. The molecule has 0 aliphatic heterocycles. The highest BCUT2D eigenvalue weighted by Gasteiger charge is 2.22. The first-order chi connectivity index (χ1) is 48.0. The van der Waals surface area contributed by atoms with Crippen LogP contribution in [-0.4, -0.2) is 70.0 Å². The van der Waals surface area contributed by atoms with E-state index in [0.29, 0.717) is 17.4 Å². The molecule has 0 amide bonds. The molecular formula is C88H160NO8P. The van der Waals surface area contributed by atoms with E-state index in [1.54, 1.807) is 0 Å². The maximum absolute atomic E-state index is 12.9. The zero-order valence-electron chi connectivity index (χ0n) is 65.2. The predicted molar refractivity (Wildman–Crippen MR) is 425 cm³/mol. The van der Waals surface area contributed by atoms with E-state index < -0.39 is 26.5 Å². The van der Waals surface area contributed by atoms with Crippen molar-refractivity contribution in [3.05, 3.63) is 97.2 Å². The molecule has 0 aliphatic rings. The number of rotatable bonds is 78. The fourth-order valence-electron chi connectivity index (χ4n) is 12.2. The molecule has 2 unspecified atom stereocenters. The molecule has 0 spiro atoms. The average molecular weight is 1390 g/mol. The van der Waals surface area contributed by atoms with Crippen LogP contribution in [0.2, 0.25) is 0 Å². The third-order valence-electron chi connectivity index (χ3n) is 18.6. The van der Waals surface area contributed by atoms with Gasteiger partial charge in [-0.3, -0.25) is 14.2 Å². The summed E-state index contributed by atoms with van der Waals surface area (Å²) in [6, 6.07) is 0. The number of quaternary nitrogens is 1. The van der Waals surface area contributed by atoms with Gasteiger partial charge >= 0.3 is 11.9 Å². The van der Waals surface area contributed by atoms with Crippen molar-refractivity contribution < 1.29 is 42.1 Å². The van der Waals surface area contributed by atoms with Crippen molar-refractivity contribution in [2.24, 2.45) is 0 Å². The third kappa shape index (κ3) is 81.9. The number of phosphoric acid groups is 1. The number of nitrogens with zero attached hydrogens (tertiary/aromatic N) is 1. The average Bonchev–Trinajstić information content (AvgIpc) is 1.08. The first-order valence-corrected chi connectivity index (χ1v) is 43.4. The number of esters is 2. The number of ether oxygens (including phenoxy) is 2. The van der Waals surface area contributed by atoms with Crippen molar-refractivity contribution >= 4 is 19.8 Å². The minimum Gasteiger partial charge on any atom is -0.756 e. The third-order valence-corrected chi connectivity index (χ3v) is 19.6. The highest BCUT2D eigenvalue weighted by atomic mass is 31.2. The van der Waals surface area contributed by atoms with Crippen LogP contribution >= 0.6 is 7.82 Å². The summed E-state index contributed by atoms with van der Waals surface area (Å²) < 4.78 is 34.5. The van der Waals surface area contributed by atoms with E-state index in [4.69, 9.17) is 18.5 Å². The predicted octanol–water partition coefficient (Wildman–Crippen LogP) is 27.5. The Labute approximate surface area is 608 Å². The lowest BCUT2D eigenvalue weighted by Crippen LogP contribution is -2.37. The molecule has 0 saturated heterocycles. The van der Waals surface area contributed by atoms with Gasteiger partial charge in [0, 0.05) is 12.8 Å². The smallest absolute Gasteiger partial charge is 0.306 e. The lowest BCUT2D eigenvalue weighted by Gasteiger charge is -2.28. The summed E-state index contributed by atoms with van der Waals surface area (Å²) in [7, 11) is 1.18. The van der Waals surface area contributed by atoms with Gasteiger partial charge in [-0.25, -0.2) is 0 Å². The first-order valence-electron chi connectivity index (χ1n) is 41.9. The molecule has 0 bridgehead atoms. The van der Waals surface area contributed by atoms with Crippen LogP contribution in [0.5, 0.6) is 0 Å². The molecule has 0 saturated carbocycles. The molecule has 9 nitrogen and oxygen atoms in total. The van der Waals surface area contributed by atoms with Gasteiger partial charge in [0.05, 0.1) is 27.7 Å². The number of carbonyl (C=O) groups excluding carboxylic acids is 2. The standard InChI is InChI=1S/C88H160NO8P/c1-6-8-10-12-14-16-18-20-22-24-26-28-30-32-34-36-38-40-42-43-44-45-47-48-50-52-54-56-58-60-62-64-66-68-70-72-74-76-78-80-87(90)94-84-86(85-96-98(92,93)95-83-82-89(3,4)5)97-88(91)81-79-77-75-73-71-69-67-65-63-61-59-57-55-53-51-49-46-41-39-37-35-33-31-29-27-25-23-21-19-17-15-13-11-9-7-2/h9,11,15,17-18,20-21,23-24,26-27,29,33,35,39,41,86H,6-8,10,12-14,16,19,22,25,28,30-32,34,36-38,40,42-85H2,1-5H3/b11-9-,17-15-,20-18-,23-21-,26-24-,29-27-,35-33-,41-39-. The van der Waals surface area contributed by atoms with Crippen LogP contribution < -0.4 is 4.89 Å². The molecule has 0 fully saturated rings. The van der Waals surface area contributed by atoms with E-state index >= 15 is 0 Å². The van der Waals surface area contributed by atoms with Gasteiger partial charge in [-0.15, -0.1) is 0 Å². The highest BCUT2D eigenvalue weighted by molar-refractivity contribution is 7.45. The summed E-state index contributed by atoms with van der Waals surface area (Å²) in [5.41, 5.74) is 0. The molecule has 2 atom stereocenters. The van der Waals surface area contributed by atoms with Gasteiger partial charge in [-0.05, 0) is 96.3 Å². The van der Waals surface area contributed by atoms with Gasteiger partial charge < -0.3 is 27.9 Å².